The van der Waals surface area contributed by atoms with Crippen LogP contribution in [0.2, 0.25) is 0 Å². The highest BCUT2D eigenvalue weighted by Crippen LogP contribution is 2.16. The number of fused-ring (bicyclic) bond motifs is 1. The summed E-state index contributed by atoms with van der Waals surface area (Å²) < 4.78 is 0. The van der Waals surface area contributed by atoms with Crippen LogP contribution >= 0.6 is 0 Å². The lowest BCUT2D eigenvalue weighted by Gasteiger charge is -2.23. The summed E-state index contributed by atoms with van der Waals surface area (Å²) in [4.78, 5) is 12.2. The van der Waals surface area contributed by atoms with Crippen molar-refractivity contribution in [2.24, 2.45) is 0 Å². The van der Waals surface area contributed by atoms with E-state index in [-0.39, 0.29) is 11.9 Å². The van der Waals surface area contributed by atoms with E-state index in [4.69, 9.17) is 0 Å². The molecule has 3 heteroatoms. The van der Waals surface area contributed by atoms with Crippen LogP contribution in [0.4, 0.5) is 0 Å². The van der Waals surface area contributed by atoms with E-state index in [9.17, 15) is 4.79 Å². The molecule has 1 heterocycles. The lowest BCUT2D eigenvalue weighted by molar-refractivity contribution is 0.0931. The maximum atomic E-state index is 12.2. The number of benzene rings is 2. The first kappa shape index (κ1) is 12.2. The lowest BCUT2D eigenvalue weighted by Crippen LogP contribution is -2.45. The number of hydrogen-bond donors (Lipinski definition) is 2. The molecule has 2 aromatic carbocycles. The molecule has 0 aromatic heterocycles. The van der Waals surface area contributed by atoms with Crippen LogP contribution in [0.3, 0.4) is 0 Å². The van der Waals surface area contributed by atoms with Gasteiger partial charge < -0.3 is 10.6 Å². The highest BCUT2D eigenvalue weighted by Gasteiger charge is 2.16. The quantitative estimate of drug-likeness (QED) is 0.863. The summed E-state index contributed by atoms with van der Waals surface area (Å²) in [5.41, 5.74) is 0.740. The van der Waals surface area contributed by atoms with Gasteiger partial charge in [-0.3, -0.25) is 4.79 Å². The molecule has 0 saturated carbocycles. The minimum atomic E-state index is 0.0273. The van der Waals surface area contributed by atoms with Crippen LogP contribution in [0, 0.1) is 0 Å². The van der Waals surface area contributed by atoms with Crippen molar-refractivity contribution in [3.05, 3.63) is 48.0 Å². The van der Waals surface area contributed by atoms with E-state index in [1.54, 1.807) is 0 Å². The Labute approximate surface area is 113 Å². The average molecular weight is 254 g/mol. The number of carbonyl (C=O) groups excluding carboxylic acids is 1. The van der Waals surface area contributed by atoms with E-state index in [0.717, 1.165) is 36.9 Å². The van der Waals surface area contributed by atoms with Crippen molar-refractivity contribution in [1.82, 2.24) is 10.6 Å². The molecule has 1 aliphatic rings. The Balaban J connectivity index is 1.77. The van der Waals surface area contributed by atoms with E-state index in [1.165, 1.54) is 5.39 Å². The fraction of sp³-hybridized carbons (Fsp3) is 0.312. The summed E-state index contributed by atoms with van der Waals surface area (Å²) in [5.74, 6) is 0.0273. The first-order valence-corrected chi connectivity index (χ1v) is 6.83. The van der Waals surface area contributed by atoms with Crippen molar-refractivity contribution in [1.29, 1.82) is 0 Å². The van der Waals surface area contributed by atoms with Crippen LogP contribution in [0.1, 0.15) is 23.2 Å². The van der Waals surface area contributed by atoms with Gasteiger partial charge in [-0.2, -0.15) is 0 Å². The van der Waals surface area contributed by atoms with E-state index >= 15 is 0 Å². The van der Waals surface area contributed by atoms with Crippen molar-refractivity contribution in [2.75, 3.05) is 13.1 Å². The molecule has 1 fully saturated rings. The lowest BCUT2D eigenvalue weighted by atomic mass is 10.0. The minimum absolute atomic E-state index is 0.0273. The van der Waals surface area contributed by atoms with Crippen molar-refractivity contribution < 1.29 is 4.79 Å². The molecule has 19 heavy (non-hydrogen) atoms. The summed E-state index contributed by atoms with van der Waals surface area (Å²) in [6, 6.07) is 14.2. The molecule has 0 spiro atoms. The molecule has 0 unspecified atom stereocenters. The van der Waals surface area contributed by atoms with Gasteiger partial charge in [-0.1, -0.05) is 30.3 Å². The Kier molecular flexibility index (Phi) is 3.47. The fourth-order valence-electron chi connectivity index (χ4n) is 2.57. The Hall–Kier alpha value is -1.87. The molecule has 3 rings (SSSR count). The first-order valence-electron chi connectivity index (χ1n) is 6.83. The van der Waals surface area contributed by atoms with Crippen molar-refractivity contribution in [3.63, 3.8) is 0 Å². The SMILES string of the molecule is O=C(N[C@H]1CCCNC1)c1ccc2ccccc2c1. The van der Waals surface area contributed by atoms with Gasteiger partial charge in [0.05, 0.1) is 0 Å². The molecular formula is C16H18N2O. The Morgan fingerprint density at radius 1 is 1.16 bits per heavy atom. The predicted molar refractivity (Wildman–Crippen MR) is 77.3 cm³/mol. The highest BCUT2D eigenvalue weighted by atomic mass is 16.1. The normalized spacial score (nSPS) is 19.3. The van der Waals surface area contributed by atoms with Crippen LogP contribution in [-0.2, 0) is 0 Å². The van der Waals surface area contributed by atoms with Crippen LogP contribution in [-0.4, -0.2) is 25.0 Å². The van der Waals surface area contributed by atoms with Gasteiger partial charge in [0, 0.05) is 18.2 Å². The van der Waals surface area contributed by atoms with E-state index < -0.39 is 0 Å². The summed E-state index contributed by atoms with van der Waals surface area (Å²) in [7, 11) is 0. The third-order valence-electron chi connectivity index (χ3n) is 3.64. The number of piperidine rings is 1. The summed E-state index contributed by atoms with van der Waals surface area (Å²) in [5, 5.41) is 8.68. The highest BCUT2D eigenvalue weighted by molar-refractivity contribution is 5.98. The number of rotatable bonds is 2. The van der Waals surface area contributed by atoms with Crippen LogP contribution < -0.4 is 10.6 Å². The number of amides is 1. The molecule has 0 bridgehead atoms. The maximum Gasteiger partial charge on any atom is 0.251 e. The molecule has 1 saturated heterocycles. The molecular weight excluding hydrogens is 236 g/mol. The standard InChI is InChI=1S/C16H18N2O/c19-16(18-15-6-3-9-17-11-15)14-8-7-12-4-1-2-5-13(12)10-14/h1-2,4-5,7-8,10,15,17H,3,6,9,11H2,(H,18,19)/t15-/m0/s1. The van der Waals surface area contributed by atoms with Crippen LogP contribution in [0.25, 0.3) is 10.8 Å². The summed E-state index contributed by atoms with van der Waals surface area (Å²) >= 11 is 0. The second-order valence-electron chi connectivity index (χ2n) is 5.08. The molecule has 1 amide bonds. The van der Waals surface area contributed by atoms with Crippen molar-refractivity contribution in [2.45, 2.75) is 18.9 Å². The molecule has 1 aliphatic heterocycles. The zero-order valence-corrected chi connectivity index (χ0v) is 10.9. The molecule has 98 valence electrons. The molecule has 2 N–H and O–H groups in total. The fourth-order valence-corrected chi connectivity index (χ4v) is 2.57. The largest absolute Gasteiger partial charge is 0.348 e. The second-order valence-corrected chi connectivity index (χ2v) is 5.08. The smallest absolute Gasteiger partial charge is 0.251 e. The van der Waals surface area contributed by atoms with Gasteiger partial charge in [0.1, 0.15) is 0 Å². The molecule has 3 nitrogen and oxygen atoms in total. The van der Waals surface area contributed by atoms with Gasteiger partial charge in [0.25, 0.3) is 5.91 Å². The zero-order valence-electron chi connectivity index (χ0n) is 10.9. The minimum Gasteiger partial charge on any atom is -0.348 e. The van der Waals surface area contributed by atoms with Crippen molar-refractivity contribution in [3.8, 4) is 0 Å². The van der Waals surface area contributed by atoms with Gasteiger partial charge in [-0.25, -0.2) is 0 Å². The number of hydrogen-bond acceptors (Lipinski definition) is 2. The van der Waals surface area contributed by atoms with E-state index in [0.29, 0.717) is 0 Å². The Morgan fingerprint density at radius 2 is 2.00 bits per heavy atom. The van der Waals surface area contributed by atoms with Crippen LogP contribution in [0.5, 0.6) is 0 Å². The van der Waals surface area contributed by atoms with Gasteiger partial charge in [-0.15, -0.1) is 0 Å². The van der Waals surface area contributed by atoms with E-state index in [2.05, 4.69) is 16.7 Å². The molecule has 0 radical (unpaired) electrons. The Morgan fingerprint density at radius 3 is 2.79 bits per heavy atom. The van der Waals surface area contributed by atoms with Gasteiger partial charge in [-0.05, 0) is 42.3 Å². The van der Waals surface area contributed by atoms with Gasteiger partial charge in [0.15, 0.2) is 0 Å². The van der Waals surface area contributed by atoms with Crippen LogP contribution in [0.15, 0.2) is 42.5 Å². The average Bonchev–Trinajstić information content (AvgIpc) is 2.48. The maximum absolute atomic E-state index is 12.2. The van der Waals surface area contributed by atoms with Gasteiger partial charge in [0.2, 0.25) is 0 Å². The Bertz CT molecular complexity index is 588. The summed E-state index contributed by atoms with van der Waals surface area (Å²) in [6.07, 6.45) is 2.19. The second kappa shape index (κ2) is 5.41. The van der Waals surface area contributed by atoms with E-state index in [1.807, 2.05) is 36.4 Å². The zero-order chi connectivity index (χ0) is 13.1. The monoisotopic (exact) mass is 254 g/mol. The third kappa shape index (κ3) is 2.76. The number of nitrogens with one attached hydrogen (secondary N) is 2. The van der Waals surface area contributed by atoms with Gasteiger partial charge >= 0.3 is 0 Å². The molecule has 2 aromatic rings. The summed E-state index contributed by atoms with van der Waals surface area (Å²) in [6.45, 7) is 1.93. The predicted octanol–water partition coefficient (Wildman–Crippen LogP) is 2.32. The molecule has 1 atom stereocenters. The topological polar surface area (TPSA) is 41.1 Å². The third-order valence-corrected chi connectivity index (χ3v) is 3.64. The number of carbonyl (C=O) groups is 1. The first-order chi connectivity index (χ1) is 9.33. The molecule has 0 aliphatic carbocycles. The van der Waals surface area contributed by atoms with Crippen molar-refractivity contribution >= 4 is 16.7 Å².